The molecule has 1 aromatic rings. The Kier molecular flexibility index (Phi) is 4.36. The van der Waals surface area contributed by atoms with E-state index in [2.05, 4.69) is 22.7 Å². The number of rotatable bonds is 1. The topological polar surface area (TPSA) is 68.2 Å². The molecule has 0 aliphatic carbocycles. The van der Waals surface area contributed by atoms with Crippen LogP contribution < -0.4 is 10.6 Å². The monoisotopic (exact) mass is 300 g/mol. The molecular formula is C13H21ClN4O2. The summed E-state index contributed by atoms with van der Waals surface area (Å²) in [5, 5.41) is 11.1. The zero-order valence-electron chi connectivity index (χ0n) is 12.2. The van der Waals surface area contributed by atoms with Gasteiger partial charge in [-0.2, -0.15) is 9.78 Å². The maximum atomic E-state index is 12.0. The summed E-state index contributed by atoms with van der Waals surface area (Å²) in [5.41, 5.74) is 0.225. The van der Waals surface area contributed by atoms with Crippen molar-refractivity contribution in [2.75, 3.05) is 13.1 Å². The van der Waals surface area contributed by atoms with Gasteiger partial charge in [0.2, 0.25) is 0 Å². The first kappa shape index (κ1) is 15.3. The second kappa shape index (κ2) is 5.71. The van der Waals surface area contributed by atoms with Gasteiger partial charge in [0.25, 0.3) is 0 Å². The number of carbonyl (C=O) groups is 1. The van der Waals surface area contributed by atoms with Gasteiger partial charge in [-0.3, -0.25) is 0 Å². The Hall–Kier alpha value is -1.11. The van der Waals surface area contributed by atoms with Crippen LogP contribution in [-0.2, 0) is 4.74 Å². The fourth-order valence-electron chi connectivity index (χ4n) is 2.12. The molecule has 2 rings (SSSR count). The predicted octanol–water partition coefficient (Wildman–Crippen LogP) is 1.94. The van der Waals surface area contributed by atoms with Crippen LogP contribution in [0.25, 0.3) is 0 Å². The molecule has 112 valence electrons. The molecule has 2 N–H and O–H groups in total. The van der Waals surface area contributed by atoms with E-state index in [4.69, 9.17) is 16.3 Å². The minimum Gasteiger partial charge on any atom is -0.442 e. The van der Waals surface area contributed by atoms with Crippen LogP contribution in [0.1, 0.15) is 39.3 Å². The number of nitrogens with zero attached hydrogens (tertiary/aromatic N) is 2. The number of nitrogens with one attached hydrogen (secondary N) is 2. The summed E-state index contributed by atoms with van der Waals surface area (Å²) in [6.45, 7) is 9.16. The lowest BCUT2D eigenvalue weighted by Gasteiger charge is -2.29. The highest BCUT2D eigenvalue weighted by atomic mass is 35.5. The molecule has 0 spiro atoms. The number of hydrogen-bond donors (Lipinski definition) is 2. The molecule has 0 amide bonds. The van der Waals surface area contributed by atoms with Crippen LogP contribution in [-0.4, -0.2) is 40.6 Å². The third kappa shape index (κ3) is 3.50. The minimum absolute atomic E-state index is 0.0439. The molecule has 0 saturated carbocycles. The normalized spacial score (nSPS) is 23.6. The van der Waals surface area contributed by atoms with Crippen molar-refractivity contribution in [3.05, 3.63) is 16.9 Å². The van der Waals surface area contributed by atoms with E-state index in [1.165, 1.54) is 0 Å². The molecule has 1 aliphatic heterocycles. The van der Waals surface area contributed by atoms with Crippen molar-refractivity contribution in [2.24, 2.45) is 0 Å². The van der Waals surface area contributed by atoms with Crippen molar-refractivity contribution in [1.82, 2.24) is 20.4 Å². The van der Waals surface area contributed by atoms with Gasteiger partial charge < -0.3 is 15.4 Å². The summed E-state index contributed by atoms with van der Waals surface area (Å²) in [5.74, 6) is 0. The van der Waals surface area contributed by atoms with Gasteiger partial charge in [-0.1, -0.05) is 11.6 Å². The van der Waals surface area contributed by atoms with E-state index >= 15 is 0 Å². The molecule has 0 radical (unpaired) electrons. The lowest BCUT2D eigenvalue weighted by molar-refractivity contribution is 0.0515. The van der Waals surface area contributed by atoms with E-state index in [0.717, 1.165) is 23.3 Å². The molecule has 1 aliphatic rings. The number of ether oxygens (including phenoxy) is 1. The van der Waals surface area contributed by atoms with Crippen molar-refractivity contribution in [3.63, 3.8) is 0 Å². The summed E-state index contributed by atoms with van der Waals surface area (Å²) in [4.78, 5) is 12.0. The van der Waals surface area contributed by atoms with Gasteiger partial charge in [0.1, 0.15) is 10.8 Å². The van der Waals surface area contributed by atoms with Crippen LogP contribution >= 0.6 is 11.6 Å². The molecule has 0 aromatic carbocycles. The third-order valence-electron chi connectivity index (χ3n) is 2.96. The quantitative estimate of drug-likeness (QED) is 0.829. The van der Waals surface area contributed by atoms with Crippen molar-refractivity contribution in [1.29, 1.82) is 0 Å². The van der Waals surface area contributed by atoms with E-state index in [-0.39, 0.29) is 6.04 Å². The molecule has 1 aromatic heterocycles. The van der Waals surface area contributed by atoms with Gasteiger partial charge in [-0.25, -0.2) is 4.79 Å². The fourth-order valence-corrected chi connectivity index (χ4v) is 2.41. The lowest BCUT2D eigenvalue weighted by Crippen LogP contribution is -2.48. The molecule has 2 atom stereocenters. The zero-order valence-corrected chi connectivity index (χ0v) is 13.0. The SMILES string of the molecule is CC1CNCC(c2cnn(C(=O)OC(C)(C)C)c2Cl)N1. The van der Waals surface area contributed by atoms with Gasteiger partial charge in [0.15, 0.2) is 0 Å². The van der Waals surface area contributed by atoms with E-state index < -0.39 is 11.7 Å². The second-order valence-corrected chi connectivity index (χ2v) is 6.42. The van der Waals surface area contributed by atoms with Gasteiger partial charge in [0.05, 0.1) is 6.20 Å². The van der Waals surface area contributed by atoms with E-state index in [1.807, 2.05) is 0 Å². The highest BCUT2D eigenvalue weighted by Crippen LogP contribution is 2.25. The smallest absolute Gasteiger partial charge is 0.436 e. The number of piperazine rings is 1. The van der Waals surface area contributed by atoms with E-state index in [1.54, 1.807) is 27.0 Å². The molecule has 6 nitrogen and oxygen atoms in total. The van der Waals surface area contributed by atoms with Crippen LogP contribution in [0.5, 0.6) is 0 Å². The molecule has 1 fully saturated rings. The number of carbonyl (C=O) groups excluding carboxylic acids is 1. The molecule has 0 bridgehead atoms. The van der Waals surface area contributed by atoms with E-state index in [9.17, 15) is 4.79 Å². The molecule has 7 heteroatoms. The van der Waals surface area contributed by atoms with Gasteiger partial charge in [0, 0.05) is 30.7 Å². The van der Waals surface area contributed by atoms with E-state index in [0.29, 0.717) is 11.2 Å². The van der Waals surface area contributed by atoms with Crippen molar-refractivity contribution < 1.29 is 9.53 Å². The average molecular weight is 301 g/mol. The Bertz CT molecular complexity index is 495. The Balaban J connectivity index is 2.16. The Labute approximate surface area is 123 Å². The third-order valence-corrected chi connectivity index (χ3v) is 3.34. The van der Waals surface area contributed by atoms with Gasteiger partial charge in [-0.15, -0.1) is 0 Å². The Morgan fingerprint density at radius 2 is 2.20 bits per heavy atom. The summed E-state index contributed by atoms with van der Waals surface area (Å²) >= 11 is 6.26. The first-order valence-corrected chi connectivity index (χ1v) is 7.09. The summed E-state index contributed by atoms with van der Waals surface area (Å²) in [6, 6.07) is 0.386. The second-order valence-electron chi connectivity index (χ2n) is 6.06. The molecule has 20 heavy (non-hydrogen) atoms. The number of aromatic nitrogens is 2. The number of halogens is 1. The van der Waals surface area contributed by atoms with Gasteiger partial charge in [-0.05, 0) is 27.7 Å². The van der Waals surface area contributed by atoms with Crippen molar-refractivity contribution in [2.45, 2.75) is 45.4 Å². The number of hydrogen-bond acceptors (Lipinski definition) is 5. The van der Waals surface area contributed by atoms with Gasteiger partial charge >= 0.3 is 6.09 Å². The molecule has 2 heterocycles. The summed E-state index contributed by atoms with van der Waals surface area (Å²) in [7, 11) is 0. The van der Waals surface area contributed by atoms with Crippen molar-refractivity contribution >= 4 is 17.7 Å². The average Bonchev–Trinajstić information content (AvgIpc) is 2.69. The zero-order chi connectivity index (χ0) is 14.9. The summed E-state index contributed by atoms with van der Waals surface area (Å²) < 4.78 is 6.37. The maximum absolute atomic E-state index is 12.0. The van der Waals surface area contributed by atoms with Crippen LogP contribution in [0, 0.1) is 0 Å². The molecular weight excluding hydrogens is 280 g/mol. The molecule has 1 saturated heterocycles. The standard InChI is InChI=1S/C13H21ClN4O2/c1-8-5-15-7-10(17-8)9-6-16-18(11(9)14)12(19)20-13(2,3)4/h6,8,10,15,17H,5,7H2,1-4H3. The first-order valence-electron chi connectivity index (χ1n) is 6.71. The maximum Gasteiger partial charge on any atom is 0.436 e. The van der Waals surface area contributed by atoms with Crippen LogP contribution in [0.15, 0.2) is 6.20 Å². The first-order chi connectivity index (χ1) is 9.28. The highest BCUT2D eigenvalue weighted by molar-refractivity contribution is 6.31. The largest absolute Gasteiger partial charge is 0.442 e. The van der Waals surface area contributed by atoms with Crippen LogP contribution in [0.2, 0.25) is 5.15 Å². The summed E-state index contributed by atoms with van der Waals surface area (Å²) in [6.07, 6.45) is 1.05. The van der Waals surface area contributed by atoms with Crippen LogP contribution in [0.3, 0.4) is 0 Å². The minimum atomic E-state index is -0.578. The van der Waals surface area contributed by atoms with Crippen LogP contribution in [0.4, 0.5) is 4.79 Å². The molecule has 2 unspecified atom stereocenters. The Morgan fingerprint density at radius 1 is 1.50 bits per heavy atom. The highest BCUT2D eigenvalue weighted by Gasteiger charge is 2.27. The predicted molar refractivity (Wildman–Crippen MR) is 77.1 cm³/mol. The Morgan fingerprint density at radius 3 is 2.80 bits per heavy atom. The fraction of sp³-hybridized carbons (Fsp3) is 0.692. The van der Waals surface area contributed by atoms with Crippen molar-refractivity contribution in [3.8, 4) is 0 Å². The lowest BCUT2D eigenvalue weighted by atomic mass is 10.1.